The van der Waals surface area contributed by atoms with Gasteiger partial charge in [-0.1, -0.05) is 23.6 Å². The molecule has 2 rings (SSSR count). The number of benzene rings is 2. The summed E-state index contributed by atoms with van der Waals surface area (Å²) in [6.07, 6.45) is 0. The third kappa shape index (κ3) is 29.1. The first kappa shape index (κ1) is 54.4. The van der Waals surface area contributed by atoms with Crippen molar-refractivity contribution in [2.45, 2.75) is 26.9 Å². The zero-order valence-electron chi connectivity index (χ0n) is 27.7. The van der Waals surface area contributed by atoms with Crippen LogP contribution in [0.25, 0.3) is 0 Å². The number of hydrogen-bond acceptors (Lipinski definition) is 17. The number of rotatable bonds is 12. The summed E-state index contributed by atoms with van der Waals surface area (Å²) in [5.41, 5.74) is 3.57. The van der Waals surface area contributed by atoms with Gasteiger partial charge in [0, 0.05) is 39.3 Å². The van der Waals surface area contributed by atoms with E-state index in [0.29, 0.717) is 24.6 Å². The molecule has 20 nitrogen and oxygen atoms in total. The summed E-state index contributed by atoms with van der Waals surface area (Å²) >= 11 is 0. The Morgan fingerprint density at radius 2 is 0.812 bits per heavy atom. The molecule has 0 N–H and O–H groups in total. The smallest absolute Gasteiger partial charge is 0.870 e. The third-order valence-electron chi connectivity index (χ3n) is 5.60. The molecule has 0 saturated carbocycles. The molecular weight excluding hydrogens is 833 g/mol. The fourth-order valence-corrected chi connectivity index (χ4v) is 3.70. The Morgan fingerprint density at radius 3 is 1.04 bits per heavy atom. The van der Waals surface area contributed by atoms with Crippen molar-refractivity contribution in [2.24, 2.45) is 0 Å². The zero-order valence-corrected chi connectivity index (χ0v) is 31.1. The maximum absolute atomic E-state index is 12.4. The van der Waals surface area contributed by atoms with Crippen molar-refractivity contribution in [3.63, 3.8) is 0 Å². The van der Waals surface area contributed by atoms with Crippen LogP contribution in [-0.4, -0.2) is 98.6 Å². The molecular formula is C26H40GdMnN6O14. The minimum absolute atomic E-state index is 0. The molecule has 1 radical (unpaired) electrons. The Balaban J connectivity index is -0.000000328. The van der Waals surface area contributed by atoms with Gasteiger partial charge in [-0.2, -0.15) is 7.11 Å². The summed E-state index contributed by atoms with van der Waals surface area (Å²) in [5, 5.41) is 77.4. The molecule has 0 amide bonds. The van der Waals surface area contributed by atoms with Crippen molar-refractivity contribution >= 4 is 0 Å². The molecule has 48 heavy (non-hydrogen) atoms. The molecule has 0 aliphatic rings. The largest absolute Gasteiger partial charge is 3.00 e. The van der Waals surface area contributed by atoms with Crippen LogP contribution in [0.2, 0.25) is 0 Å². The molecule has 0 aliphatic carbocycles. The van der Waals surface area contributed by atoms with E-state index >= 15 is 0 Å². The quantitative estimate of drug-likeness (QED) is 0.156. The van der Waals surface area contributed by atoms with Crippen molar-refractivity contribution < 1.29 is 97.1 Å². The number of methoxy groups -OCH3 is 2. The summed E-state index contributed by atoms with van der Waals surface area (Å²) in [4.78, 5) is 31.3. The minimum atomic E-state index is -1.75. The zero-order chi connectivity index (χ0) is 36.6. The fraction of sp³-hybridized carbons (Fsp3) is 0.538. The molecule has 0 saturated heterocycles. The van der Waals surface area contributed by atoms with E-state index in [4.69, 9.17) is 60.5 Å². The molecule has 0 unspecified atom stereocenters. The number of aryl methyl sites for hydroxylation is 2. The van der Waals surface area contributed by atoms with E-state index in [1.165, 1.54) is 14.2 Å². The van der Waals surface area contributed by atoms with Crippen molar-refractivity contribution in [2.75, 3.05) is 68.7 Å². The normalized spacial score (nSPS) is 9.33. The van der Waals surface area contributed by atoms with Crippen LogP contribution >= 0.6 is 0 Å². The first-order valence-electron chi connectivity index (χ1n) is 12.9. The van der Waals surface area contributed by atoms with Gasteiger partial charge < -0.3 is 85.5 Å². The second kappa shape index (κ2) is 31.2. The summed E-state index contributed by atoms with van der Waals surface area (Å²) < 4.78 is 10.4. The monoisotopic (exact) mass is 873 g/mol. The summed E-state index contributed by atoms with van der Waals surface area (Å²) in [6.45, 7) is 8.57. The van der Waals surface area contributed by atoms with Gasteiger partial charge in [-0.05, 0) is 69.4 Å². The standard InChI is InChI=1S/C25H39N3O4.CH3O.Gd.Mn.3NO3/c1-18-12-20(24(29)22(14-18)31-6)16-27(4)10-8-26(3)9-11-28(5)17-21-13-19(2)15-23(32-7)25(21)30;1-2;;;3*2-1(3)4/h12-15,29-30H,8-11,16-17H2,1-7H3;1H3;;;;;/q;-1;2*+3;3*-1/p-2. The molecule has 0 fully saturated rings. The number of nitrogens with zero attached hydrogens (tertiary/aromatic N) is 6. The number of likely N-dealkylation sites (N-methyl/N-ethyl adjacent to an activating group) is 3. The van der Waals surface area contributed by atoms with Crippen molar-refractivity contribution in [3.8, 4) is 23.0 Å². The van der Waals surface area contributed by atoms with Gasteiger partial charge in [-0.25, -0.2) is 0 Å². The van der Waals surface area contributed by atoms with Gasteiger partial charge in [-0.3, -0.25) is 0 Å². The predicted octanol–water partition coefficient (Wildman–Crippen LogP) is 0.220. The molecule has 0 aliphatic heterocycles. The van der Waals surface area contributed by atoms with Gasteiger partial charge in [0.2, 0.25) is 0 Å². The molecule has 0 aromatic heterocycles. The topological polar surface area (TPSA) is 296 Å². The molecule has 2 aromatic carbocycles. The van der Waals surface area contributed by atoms with Crippen LogP contribution in [0.4, 0.5) is 0 Å². The van der Waals surface area contributed by atoms with Crippen molar-refractivity contribution in [1.29, 1.82) is 0 Å². The van der Waals surface area contributed by atoms with Crippen LogP contribution < -0.4 is 24.8 Å². The molecule has 2 aromatic rings. The average Bonchev–Trinajstić information content (AvgIpc) is 2.94. The third-order valence-corrected chi connectivity index (χ3v) is 5.60. The van der Waals surface area contributed by atoms with Gasteiger partial charge >= 0.3 is 57.0 Å². The van der Waals surface area contributed by atoms with E-state index in [2.05, 4.69) is 21.7 Å². The van der Waals surface area contributed by atoms with Crippen LogP contribution in [0.3, 0.4) is 0 Å². The summed E-state index contributed by atoms with van der Waals surface area (Å²) in [7, 11) is 9.95. The van der Waals surface area contributed by atoms with Crippen LogP contribution in [0.15, 0.2) is 24.3 Å². The van der Waals surface area contributed by atoms with Gasteiger partial charge in [0.15, 0.2) is 0 Å². The Morgan fingerprint density at radius 1 is 0.583 bits per heavy atom. The molecule has 0 atom stereocenters. The average molecular weight is 873 g/mol. The Kier molecular flexibility index (Phi) is 35.4. The second-order valence-corrected chi connectivity index (χ2v) is 9.36. The Hall–Kier alpha value is -3.08. The fourth-order valence-electron chi connectivity index (χ4n) is 3.70. The van der Waals surface area contributed by atoms with Crippen LogP contribution in [-0.2, 0) is 30.2 Å². The van der Waals surface area contributed by atoms with E-state index in [9.17, 15) is 10.2 Å². The minimum Gasteiger partial charge on any atom is -0.870 e. The first-order valence-corrected chi connectivity index (χ1v) is 12.9. The maximum Gasteiger partial charge on any atom is 3.00 e. The van der Waals surface area contributed by atoms with E-state index in [0.717, 1.165) is 55.5 Å². The second-order valence-electron chi connectivity index (χ2n) is 9.36. The van der Waals surface area contributed by atoms with E-state index in [1.54, 1.807) is 12.1 Å². The maximum atomic E-state index is 12.4. The number of hydrogen-bond donors (Lipinski definition) is 0. The van der Waals surface area contributed by atoms with E-state index in [1.807, 2.05) is 40.1 Å². The molecule has 0 spiro atoms. The molecule has 273 valence electrons. The number of ether oxygens (including phenoxy) is 2. The molecule has 0 heterocycles. The van der Waals surface area contributed by atoms with Crippen LogP contribution in [0.5, 0.6) is 23.0 Å². The molecule has 0 bridgehead atoms. The van der Waals surface area contributed by atoms with Crippen molar-refractivity contribution in [1.82, 2.24) is 14.7 Å². The predicted molar refractivity (Wildman–Crippen MR) is 162 cm³/mol. The Labute approximate surface area is 320 Å². The van der Waals surface area contributed by atoms with Gasteiger partial charge in [0.25, 0.3) is 0 Å². The van der Waals surface area contributed by atoms with E-state index in [-0.39, 0.29) is 68.5 Å². The summed E-state index contributed by atoms with van der Waals surface area (Å²) in [5.74, 6) is 0.734. The Bertz CT molecular complexity index is 1090. The summed E-state index contributed by atoms with van der Waals surface area (Å²) in [6, 6.07) is 7.42. The van der Waals surface area contributed by atoms with Gasteiger partial charge in [0.1, 0.15) is 11.5 Å². The van der Waals surface area contributed by atoms with Crippen LogP contribution in [0, 0.1) is 99.8 Å². The van der Waals surface area contributed by atoms with Crippen LogP contribution in [0.1, 0.15) is 22.3 Å². The SMILES string of the molecule is COc1cc(C)cc(CN(C)CCN(C)CCN(C)Cc2cc(C)cc(OC)c2[O-])c1[O-].C[O-].O=[N+]([O-])[O-].O=[N+]([O-])[O-].O=[N+]([O-])[O-].[Gd+3].[Mn+3]. The first-order chi connectivity index (χ1) is 21.3. The van der Waals surface area contributed by atoms with Gasteiger partial charge in [-0.15, -0.1) is 0 Å². The van der Waals surface area contributed by atoms with Crippen molar-refractivity contribution in [3.05, 3.63) is 92.5 Å². The van der Waals surface area contributed by atoms with Gasteiger partial charge in [0.05, 0.1) is 29.5 Å². The molecule has 22 heteroatoms. The van der Waals surface area contributed by atoms with E-state index < -0.39 is 15.3 Å².